The molecule has 0 saturated carbocycles. The second kappa shape index (κ2) is 7.54. The van der Waals surface area contributed by atoms with E-state index in [1.165, 1.54) is 0 Å². The Hall–Kier alpha value is -2.82. The predicted octanol–water partition coefficient (Wildman–Crippen LogP) is 4.15. The number of aryl methyl sites for hydroxylation is 1. The monoisotopic (exact) mass is 392 g/mol. The van der Waals surface area contributed by atoms with E-state index in [1.54, 1.807) is 0 Å². The summed E-state index contributed by atoms with van der Waals surface area (Å²) in [5.41, 5.74) is 3.49. The molecule has 1 fully saturated rings. The van der Waals surface area contributed by atoms with Crippen LogP contribution in [0.5, 0.6) is 5.75 Å². The lowest BCUT2D eigenvalue weighted by Gasteiger charge is -2.38. The summed E-state index contributed by atoms with van der Waals surface area (Å²) in [6, 6.07) is 13.6. The third-order valence-corrected chi connectivity index (χ3v) is 5.69. The van der Waals surface area contributed by atoms with E-state index in [9.17, 15) is 9.59 Å². The molecule has 5 nitrogen and oxygen atoms in total. The lowest BCUT2D eigenvalue weighted by molar-refractivity contribution is -0.128. The Morgan fingerprint density at radius 1 is 1.21 bits per heavy atom. The van der Waals surface area contributed by atoms with Gasteiger partial charge in [-0.1, -0.05) is 24.3 Å². The van der Waals surface area contributed by atoms with Gasteiger partial charge in [0.05, 0.1) is 6.04 Å². The van der Waals surface area contributed by atoms with Gasteiger partial charge in [0.15, 0.2) is 0 Å². The van der Waals surface area contributed by atoms with Crippen molar-refractivity contribution in [2.75, 3.05) is 6.54 Å². The standard InChI is InChI=1S/C24H28N2O3/c1-16-6-11-19-20(14-24(2,3)29-21(19)13-16)25-23(28)18-9-7-17(8-10-18)15-26-12-4-5-22(26)27/h6-11,13,20H,4-5,12,14-15H2,1-3H3,(H,25,28)/t20-/m1/s1. The van der Waals surface area contributed by atoms with Crippen molar-refractivity contribution in [1.29, 1.82) is 0 Å². The van der Waals surface area contributed by atoms with Gasteiger partial charge in [-0.25, -0.2) is 0 Å². The third kappa shape index (κ3) is 4.29. The second-order valence-electron chi connectivity index (χ2n) is 8.75. The molecule has 29 heavy (non-hydrogen) atoms. The highest BCUT2D eigenvalue weighted by Gasteiger charge is 2.34. The Kier molecular flexibility index (Phi) is 5.07. The predicted molar refractivity (Wildman–Crippen MR) is 112 cm³/mol. The van der Waals surface area contributed by atoms with E-state index in [4.69, 9.17) is 4.74 Å². The maximum atomic E-state index is 12.9. The van der Waals surface area contributed by atoms with Crippen molar-refractivity contribution >= 4 is 11.8 Å². The highest BCUT2D eigenvalue weighted by Crippen LogP contribution is 2.40. The van der Waals surface area contributed by atoms with Crippen LogP contribution in [0.3, 0.4) is 0 Å². The summed E-state index contributed by atoms with van der Waals surface area (Å²) >= 11 is 0. The molecule has 0 aliphatic carbocycles. The van der Waals surface area contributed by atoms with Crippen LogP contribution in [0.1, 0.15) is 66.2 Å². The first kappa shape index (κ1) is 19.5. The Morgan fingerprint density at radius 3 is 2.66 bits per heavy atom. The Labute approximate surface area is 172 Å². The molecule has 5 heteroatoms. The lowest BCUT2D eigenvalue weighted by Crippen LogP contribution is -2.41. The SMILES string of the molecule is Cc1ccc2c(c1)OC(C)(C)C[C@H]2NC(=O)c1ccc(CN2CCCC2=O)cc1. The summed E-state index contributed by atoms with van der Waals surface area (Å²) in [5, 5.41) is 3.18. The number of hydrogen-bond acceptors (Lipinski definition) is 3. The molecule has 2 amide bonds. The molecule has 4 rings (SSSR count). The number of benzene rings is 2. The van der Waals surface area contributed by atoms with Gasteiger partial charge < -0.3 is 15.0 Å². The molecule has 2 aromatic carbocycles. The van der Waals surface area contributed by atoms with Crippen LogP contribution in [-0.2, 0) is 11.3 Å². The molecule has 1 N–H and O–H groups in total. The van der Waals surface area contributed by atoms with Crippen molar-refractivity contribution in [3.05, 3.63) is 64.7 Å². The van der Waals surface area contributed by atoms with Crippen molar-refractivity contribution in [3.8, 4) is 5.75 Å². The van der Waals surface area contributed by atoms with Crippen LogP contribution < -0.4 is 10.1 Å². The molecule has 0 radical (unpaired) electrons. The molecule has 0 aromatic heterocycles. The summed E-state index contributed by atoms with van der Waals surface area (Å²) in [7, 11) is 0. The van der Waals surface area contributed by atoms with E-state index in [2.05, 4.69) is 5.32 Å². The van der Waals surface area contributed by atoms with E-state index in [1.807, 2.05) is 68.1 Å². The molecule has 0 unspecified atom stereocenters. The Morgan fingerprint density at radius 2 is 1.97 bits per heavy atom. The van der Waals surface area contributed by atoms with Crippen LogP contribution in [0.2, 0.25) is 0 Å². The number of ether oxygens (including phenoxy) is 1. The summed E-state index contributed by atoms with van der Waals surface area (Å²) in [6.07, 6.45) is 2.29. The van der Waals surface area contributed by atoms with Crippen LogP contribution in [0.15, 0.2) is 42.5 Å². The van der Waals surface area contributed by atoms with Gasteiger partial charge in [0, 0.05) is 37.1 Å². The van der Waals surface area contributed by atoms with Crippen LogP contribution in [-0.4, -0.2) is 28.9 Å². The summed E-state index contributed by atoms with van der Waals surface area (Å²) in [4.78, 5) is 26.6. The molecule has 0 bridgehead atoms. The maximum absolute atomic E-state index is 12.9. The van der Waals surface area contributed by atoms with Crippen LogP contribution in [0.25, 0.3) is 0 Å². The minimum absolute atomic E-state index is 0.0938. The fourth-order valence-corrected chi connectivity index (χ4v) is 4.18. The molecule has 1 atom stereocenters. The highest BCUT2D eigenvalue weighted by atomic mass is 16.5. The molecule has 2 heterocycles. The molecular formula is C24H28N2O3. The van der Waals surface area contributed by atoms with E-state index in [0.29, 0.717) is 24.9 Å². The molecule has 152 valence electrons. The molecule has 1 saturated heterocycles. The van der Waals surface area contributed by atoms with Gasteiger partial charge in [-0.3, -0.25) is 9.59 Å². The van der Waals surface area contributed by atoms with Gasteiger partial charge in [-0.15, -0.1) is 0 Å². The fourth-order valence-electron chi connectivity index (χ4n) is 4.18. The number of likely N-dealkylation sites (tertiary alicyclic amines) is 1. The van der Waals surface area contributed by atoms with Gasteiger partial charge >= 0.3 is 0 Å². The van der Waals surface area contributed by atoms with Crippen molar-refractivity contribution in [2.24, 2.45) is 0 Å². The van der Waals surface area contributed by atoms with E-state index < -0.39 is 0 Å². The zero-order chi connectivity index (χ0) is 20.6. The molecule has 2 aromatic rings. The van der Waals surface area contributed by atoms with Gasteiger partial charge in [-0.05, 0) is 56.5 Å². The molecule has 0 spiro atoms. The number of nitrogens with one attached hydrogen (secondary N) is 1. The zero-order valence-electron chi connectivity index (χ0n) is 17.3. The Bertz CT molecular complexity index is 934. The van der Waals surface area contributed by atoms with E-state index in [0.717, 1.165) is 35.4 Å². The summed E-state index contributed by atoms with van der Waals surface area (Å²) in [5.74, 6) is 0.961. The van der Waals surface area contributed by atoms with E-state index >= 15 is 0 Å². The largest absolute Gasteiger partial charge is 0.487 e. The Balaban J connectivity index is 1.47. The third-order valence-electron chi connectivity index (χ3n) is 5.69. The number of nitrogens with zero attached hydrogens (tertiary/aromatic N) is 1. The van der Waals surface area contributed by atoms with Crippen molar-refractivity contribution in [3.63, 3.8) is 0 Å². The van der Waals surface area contributed by atoms with Crippen molar-refractivity contribution in [1.82, 2.24) is 10.2 Å². The number of fused-ring (bicyclic) bond motifs is 1. The van der Waals surface area contributed by atoms with Crippen molar-refractivity contribution in [2.45, 2.75) is 58.2 Å². The summed E-state index contributed by atoms with van der Waals surface area (Å²) in [6.45, 7) is 7.56. The quantitative estimate of drug-likeness (QED) is 0.850. The molecule has 2 aliphatic heterocycles. The first-order valence-electron chi connectivity index (χ1n) is 10.3. The van der Waals surface area contributed by atoms with Gasteiger partial charge in [0.2, 0.25) is 5.91 Å². The van der Waals surface area contributed by atoms with Gasteiger partial charge in [0.1, 0.15) is 11.4 Å². The van der Waals surface area contributed by atoms with E-state index in [-0.39, 0.29) is 23.5 Å². The second-order valence-corrected chi connectivity index (χ2v) is 8.75. The first-order valence-corrected chi connectivity index (χ1v) is 10.3. The summed E-state index contributed by atoms with van der Waals surface area (Å²) < 4.78 is 6.12. The topological polar surface area (TPSA) is 58.6 Å². The van der Waals surface area contributed by atoms with Crippen molar-refractivity contribution < 1.29 is 14.3 Å². The van der Waals surface area contributed by atoms with Crippen LogP contribution in [0.4, 0.5) is 0 Å². The number of carbonyl (C=O) groups is 2. The number of hydrogen-bond donors (Lipinski definition) is 1. The normalized spacial score (nSPS) is 20.2. The number of carbonyl (C=O) groups excluding carboxylic acids is 2. The minimum atomic E-state index is -0.342. The average Bonchev–Trinajstić information content (AvgIpc) is 3.05. The molecular weight excluding hydrogens is 364 g/mol. The van der Waals surface area contributed by atoms with Crippen LogP contribution in [0, 0.1) is 6.92 Å². The molecule has 2 aliphatic rings. The number of rotatable bonds is 4. The van der Waals surface area contributed by atoms with Gasteiger partial charge in [0.25, 0.3) is 5.91 Å². The average molecular weight is 392 g/mol. The smallest absolute Gasteiger partial charge is 0.251 e. The van der Waals surface area contributed by atoms with Gasteiger partial charge in [-0.2, -0.15) is 0 Å². The highest BCUT2D eigenvalue weighted by molar-refractivity contribution is 5.94. The van der Waals surface area contributed by atoms with Crippen LogP contribution >= 0.6 is 0 Å². The lowest BCUT2D eigenvalue weighted by atomic mass is 9.89. The number of amides is 2. The fraction of sp³-hybridized carbons (Fsp3) is 0.417. The first-order chi connectivity index (χ1) is 13.8. The zero-order valence-corrected chi connectivity index (χ0v) is 17.3. The minimum Gasteiger partial charge on any atom is -0.487 e. The maximum Gasteiger partial charge on any atom is 0.251 e.